The molecule has 8 nitrogen and oxygen atoms in total. The minimum atomic E-state index is -0.199. The summed E-state index contributed by atoms with van der Waals surface area (Å²) in [5.41, 5.74) is 5.16. The van der Waals surface area contributed by atoms with E-state index in [0.29, 0.717) is 35.0 Å². The monoisotopic (exact) mass is 501 g/mol. The minimum Gasteiger partial charge on any atom is -0.482 e. The zero-order valence-corrected chi connectivity index (χ0v) is 21.1. The zero-order chi connectivity index (χ0) is 25.2. The zero-order valence-electron chi connectivity index (χ0n) is 20.3. The van der Waals surface area contributed by atoms with Gasteiger partial charge in [-0.1, -0.05) is 43.7 Å². The molecule has 5 rings (SSSR count). The Hall–Kier alpha value is -3.98. The Balaban J connectivity index is 1.65. The summed E-state index contributed by atoms with van der Waals surface area (Å²) in [6.45, 7) is 9.07. The Morgan fingerprint density at radius 3 is 2.86 bits per heavy atom. The number of rotatable bonds is 7. The van der Waals surface area contributed by atoms with Gasteiger partial charge in [-0.15, -0.1) is 11.3 Å². The number of nitrogens with zero attached hydrogens (tertiary/aromatic N) is 4. The molecular formula is C27H27N5O3S. The fraction of sp³-hybridized carbons (Fsp3) is 0.259. The summed E-state index contributed by atoms with van der Waals surface area (Å²) in [7, 11) is 0. The molecule has 0 fully saturated rings. The molecule has 2 aliphatic rings. The van der Waals surface area contributed by atoms with Crippen LogP contribution in [0.15, 0.2) is 70.1 Å². The second-order valence-electron chi connectivity index (χ2n) is 8.81. The summed E-state index contributed by atoms with van der Waals surface area (Å²) in [6, 6.07) is 13.3. The van der Waals surface area contributed by atoms with Crippen molar-refractivity contribution in [1.29, 1.82) is 0 Å². The molecule has 2 aromatic carbocycles. The fourth-order valence-corrected chi connectivity index (χ4v) is 4.98. The van der Waals surface area contributed by atoms with E-state index < -0.39 is 0 Å². The first-order valence-corrected chi connectivity index (χ1v) is 12.8. The van der Waals surface area contributed by atoms with Crippen LogP contribution in [0.4, 0.5) is 11.4 Å². The molecule has 0 unspecified atom stereocenters. The number of para-hydroxylation sites is 1. The molecule has 0 spiro atoms. The van der Waals surface area contributed by atoms with Gasteiger partial charge in [-0.3, -0.25) is 14.6 Å². The van der Waals surface area contributed by atoms with Gasteiger partial charge < -0.3 is 15.0 Å². The highest BCUT2D eigenvalue weighted by atomic mass is 32.1. The average Bonchev–Trinajstić information content (AvgIpc) is 3.39. The van der Waals surface area contributed by atoms with E-state index in [1.807, 2.05) is 54.8 Å². The third-order valence-electron chi connectivity index (χ3n) is 5.91. The van der Waals surface area contributed by atoms with E-state index in [2.05, 4.69) is 18.8 Å². The second-order valence-corrected chi connectivity index (χ2v) is 9.65. The standard InChI is InChI=1S/C27H27N5O3S/c1-4-5-12-31-21-9-7-6-8-19(21)25(26(31)34)30-32-22(16-36-27(32)28-14-17(2)3)18-10-11-23-20(13-18)29-24(33)15-35-23/h6-11,13,16H,2,4-5,12,14-15H2,1,3H3,(H,29,33). The first-order chi connectivity index (χ1) is 17.5. The number of nitrogens with one attached hydrogen (secondary N) is 1. The lowest BCUT2D eigenvalue weighted by atomic mass is 10.1. The highest BCUT2D eigenvalue weighted by Crippen LogP contribution is 2.34. The smallest absolute Gasteiger partial charge is 0.279 e. The first kappa shape index (κ1) is 23.7. The Labute approximate surface area is 213 Å². The third-order valence-corrected chi connectivity index (χ3v) is 6.76. The fourth-order valence-electron chi connectivity index (χ4n) is 4.14. The summed E-state index contributed by atoms with van der Waals surface area (Å²) in [5.74, 6) is 0.298. The molecule has 2 amide bonds. The number of benzene rings is 2. The van der Waals surface area contributed by atoms with Gasteiger partial charge in [0.1, 0.15) is 5.75 Å². The van der Waals surface area contributed by atoms with Gasteiger partial charge in [0.2, 0.25) is 4.80 Å². The molecule has 2 aliphatic heterocycles. The van der Waals surface area contributed by atoms with Crippen molar-refractivity contribution < 1.29 is 14.3 Å². The summed E-state index contributed by atoms with van der Waals surface area (Å²) in [5, 5.41) is 9.70. The second kappa shape index (κ2) is 9.94. The van der Waals surface area contributed by atoms with Crippen LogP contribution in [0.5, 0.6) is 5.75 Å². The maximum absolute atomic E-state index is 13.5. The lowest BCUT2D eigenvalue weighted by Crippen LogP contribution is -2.31. The van der Waals surface area contributed by atoms with Crippen LogP contribution in [-0.4, -0.2) is 41.9 Å². The molecule has 36 heavy (non-hydrogen) atoms. The van der Waals surface area contributed by atoms with E-state index >= 15 is 0 Å². The van der Waals surface area contributed by atoms with E-state index in [9.17, 15) is 9.59 Å². The van der Waals surface area contributed by atoms with Crippen LogP contribution in [0.1, 0.15) is 32.3 Å². The first-order valence-electron chi connectivity index (χ1n) is 11.9. The maximum Gasteiger partial charge on any atom is 0.279 e. The van der Waals surface area contributed by atoms with Crippen LogP contribution in [0, 0.1) is 0 Å². The number of aromatic nitrogens is 1. The molecule has 184 valence electrons. The Bertz CT molecular complexity index is 1470. The molecule has 3 heterocycles. The van der Waals surface area contributed by atoms with Crippen molar-refractivity contribution in [2.75, 3.05) is 29.9 Å². The van der Waals surface area contributed by atoms with Crippen LogP contribution in [-0.2, 0) is 9.59 Å². The van der Waals surface area contributed by atoms with Gasteiger partial charge in [0.15, 0.2) is 12.3 Å². The molecule has 0 saturated heterocycles. The van der Waals surface area contributed by atoms with Crippen LogP contribution in [0.25, 0.3) is 11.3 Å². The summed E-state index contributed by atoms with van der Waals surface area (Å²) < 4.78 is 7.23. The normalized spacial score (nSPS) is 16.1. The van der Waals surface area contributed by atoms with E-state index in [1.165, 1.54) is 11.3 Å². The Morgan fingerprint density at radius 2 is 2.06 bits per heavy atom. The van der Waals surface area contributed by atoms with Crippen molar-refractivity contribution >= 4 is 40.2 Å². The number of carbonyl (C=O) groups excluding carboxylic acids is 2. The number of ether oxygens (including phenoxy) is 1. The van der Waals surface area contributed by atoms with Crippen molar-refractivity contribution in [2.24, 2.45) is 10.1 Å². The number of unbranched alkanes of at least 4 members (excludes halogenated alkanes) is 1. The average molecular weight is 502 g/mol. The van der Waals surface area contributed by atoms with Gasteiger partial charge in [-0.05, 0) is 37.6 Å². The van der Waals surface area contributed by atoms with Crippen molar-refractivity contribution in [2.45, 2.75) is 26.7 Å². The molecule has 0 atom stereocenters. The lowest BCUT2D eigenvalue weighted by Gasteiger charge is -2.18. The number of hydrogen-bond donors (Lipinski definition) is 1. The third kappa shape index (κ3) is 4.49. The minimum absolute atomic E-state index is 0.00155. The van der Waals surface area contributed by atoms with E-state index in [4.69, 9.17) is 14.8 Å². The molecule has 0 bridgehead atoms. The summed E-state index contributed by atoms with van der Waals surface area (Å²) >= 11 is 1.44. The van der Waals surface area contributed by atoms with Crippen LogP contribution >= 0.6 is 11.3 Å². The van der Waals surface area contributed by atoms with Gasteiger partial charge in [0, 0.05) is 23.1 Å². The van der Waals surface area contributed by atoms with Crippen molar-refractivity contribution in [3.8, 4) is 17.0 Å². The predicted octanol–water partition coefficient (Wildman–Crippen LogP) is 4.42. The number of anilines is 2. The van der Waals surface area contributed by atoms with E-state index in [-0.39, 0.29) is 18.4 Å². The highest BCUT2D eigenvalue weighted by molar-refractivity contribution is 7.07. The quantitative estimate of drug-likeness (QED) is 0.486. The van der Waals surface area contributed by atoms with Crippen molar-refractivity contribution in [3.63, 3.8) is 0 Å². The summed E-state index contributed by atoms with van der Waals surface area (Å²) in [4.78, 5) is 32.5. The number of fused-ring (bicyclic) bond motifs is 2. The number of carbonyl (C=O) groups is 2. The van der Waals surface area contributed by atoms with Gasteiger partial charge >= 0.3 is 0 Å². The predicted molar refractivity (Wildman–Crippen MR) is 143 cm³/mol. The molecule has 0 saturated carbocycles. The van der Waals surface area contributed by atoms with Crippen LogP contribution < -0.4 is 19.8 Å². The molecule has 1 aromatic heterocycles. The van der Waals surface area contributed by atoms with Crippen LogP contribution in [0.3, 0.4) is 0 Å². The van der Waals surface area contributed by atoms with Gasteiger partial charge in [0.05, 0.1) is 23.6 Å². The van der Waals surface area contributed by atoms with Gasteiger partial charge in [0.25, 0.3) is 11.8 Å². The van der Waals surface area contributed by atoms with Crippen molar-refractivity contribution in [3.05, 3.63) is 70.4 Å². The van der Waals surface area contributed by atoms with Gasteiger partial charge in [-0.25, -0.2) is 4.68 Å². The molecular weight excluding hydrogens is 474 g/mol. The number of hydrogen-bond acceptors (Lipinski definition) is 6. The lowest BCUT2D eigenvalue weighted by molar-refractivity contribution is -0.118. The van der Waals surface area contributed by atoms with E-state index in [0.717, 1.165) is 40.9 Å². The SMILES string of the molecule is C=C(C)CN=c1scc(-c2ccc3c(c2)NC(=O)CO3)n1N=C1C(=O)N(CCCC)c2ccccc21. The van der Waals surface area contributed by atoms with E-state index in [1.54, 1.807) is 9.58 Å². The topological polar surface area (TPSA) is 88.3 Å². The Morgan fingerprint density at radius 1 is 1.22 bits per heavy atom. The molecule has 0 radical (unpaired) electrons. The molecule has 0 aliphatic carbocycles. The maximum atomic E-state index is 13.5. The Kier molecular flexibility index (Phi) is 6.56. The number of amides is 2. The number of thiazole rings is 1. The van der Waals surface area contributed by atoms with Crippen molar-refractivity contribution in [1.82, 2.24) is 4.68 Å². The summed E-state index contributed by atoms with van der Waals surface area (Å²) in [6.07, 6.45) is 1.90. The highest BCUT2D eigenvalue weighted by Gasteiger charge is 2.34. The van der Waals surface area contributed by atoms with Gasteiger partial charge in [-0.2, -0.15) is 5.10 Å². The molecule has 1 N–H and O–H groups in total. The van der Waals surface area contributed by atoms with Crippen LogP contribution in [0.2, 0.25) is 0 Å². The molecule has 9 heteroatoms. The largest absolute Gasteiger partial charge is 0.482 e. The molecule has 3 aromatic rings.